The van der Waals surface area contributed by atoms with Gasteiger partial charge in [-0.15, -0.1) is 0 Å². The van der Waals surface area contributed by atoms with Crippen LogP contribution in [0, 0.1) is 6.92 Å². The Kier molecular flexibility index (Phi) is 6.07. The molecule has 0 aliphatic heterocycles. The quantitative estimate of drug-likeness (QED) is 0.392. The molecule has 11 heavy (non-hydrogen) atoms. The van der Waals surface area contributed by atoms with Crippen LogP contribution in [0.4, 0.5) is 0 Å². The van der Waals surface area contributed by atoms with E-state index in [1.807, 2.05) is 6.92 Å². The van der Waals surface area contributed by atoms with Gasteiger partial charge in [0.2, 0.25) is 0 Å². The van der Waals surface area contributed by atoms with Crippen LogP contribution in [0.5, 0.6) is 0 Å². The summed E-state index contributed by atoms with van der Waals surface area (Å²) in [5.41, 5.74) is 1.06. The van der Waals surface area contributed by atoms with Crippen molar-refractivity contribution >= 4 is 11.1 Å². The predicted octanol–water partition coefficient (Wildman–Crippen LogP) is -1.76. The molecule has 0 aromatic heterocycles. The first-order chi connectivity index (χ1) is 4.70. The van der Waals surface area contributed by atoms with Crippen LogP contribution in [0.15, 0.2) is 29.2 Å². The molecule has 1 atom stereocenters. The molecule has 1 rings (SSSR count). The van der Waals surface area contributed by atoms with E-state index in [9.17, 15) is 8.76 Å². The Hall–Kier alpha value is 0.966. The fourth-order valence-corrected chi connectivity index (χ4v) is 1.01. The van der Waals surface area contributed by atoms with Gasteiger partial charge in [0.25, 0.3) is 0 Å². The molecule has 0 amide bonds. The number of aryl methyl sites for hydroxylation is 1. The number of rotatable bonds is 1. The molecule has 0 aliphatic carbocycles. The molecule has 0 spiro atoms. The zero-order chi connectivity index (χ0) is 7.56. The summed E-state index contributed by atoms with van der Waals surface area (Å²) in [5.74, 6) is 0. The summed E-state index contributed by atoms with van der Waals surface area (Å²) in [5, 5.41) is 0. The van der Waals surface area contributed by atoms with Crippen molar-refractivity contribution in [2.24, 2.45) is 0 Å². The molecule has 0 bridgehead atoms. The third kappa shape index (κ3) is 3.94. The minimum atomic E-state index is -2.09. The second-order valence-electron chi connectivity index (χ2n) is 2.05. The summed E-state index contributed by atoms with van der Waals surface area (Å²) in [6.45, 7) is 1.91. The van der Waals surface area contributed by atoms with Gasteiger partial charge < -0.3 is 4.55 Å². The van der Waals surface area contributed by atoms with Crippen LogP contribution in [0.3, 0.4) is 0 Å². The molecule has 0 N–H and O–H groups in total. The summed E-state index contributed by atoms with van der Waals surface area (Å²) in [6.07, 6.45) is 0. The van der Waals surface area contributed by atoms with E-state index in [-0.39, 0.29) is 51.4 Å². The topological polar surface area (TPSA) is 40.1 Å². The van der Waals surface area contributed by atoms with Crippen molar-refractivity contribution in [3.63, 3.8) is 0 Å². The Bertz CT molecular complexity index is 245. The first-order valence-corrected chi connectivity index (χ1v) is 3.93. The van der Waals surface area contributed by atoms with Crippen molar-refractivity contribution < 1.29 is 60.1 Å². The van der Waals surface area contributed by atoms with Crippen LogP contribution in [-0.4, -0.2) is 8.76 Å². The van der Waals surface area contributed by atoms with Crippen LogP contribution in [0.2, 0.25) is 0 Å². The van der Waals surface area contributed by atoms with Crippen molar-refractivity contribution in [1.82, 2.24) is 0 Å². The largest absolute Gasteiger partial charge is 1.00 e. The Balaban J connectivity index is 0.000001000. The standard InChI is InChI=1S/C7H8O2S.K/c1-6-2-4-7(5-3-6)10(8)9;/h2-5H,1H3,(H,8,9);/q;+1/p-1. The van der Waals surface area contributed by atoms with Crippen molar-refractivity contribution in [1.29, 1.82) is 0 Å². The second-order valence-corrected chi connectivity index (χ2v) is 2.99. The molecular weight excluding hydrogens is 187 g/mol. The molecule has 1 aromatic rings. The van der Waals surface area contributed by atoms with E-state index in [4.69, 9.17) is 0 Å². The van der Waals surface area contributed by atoms with Gasteiger partial charge >= 0.3 is 51.4 Å². The first kappa shape index (κ1) is 12.0. The molecule has 0 heterocycles. The average Bonchev–Trinajstić information content (AvgIpc) is 1.88. The van der Waals surface area contributed by atoms with Gasteiger partial charge in [0, 0.05) is 4.90 Å². The summed E-state index contributed by atoms with van der Waals surface area (Å²) in [7, 11) is 0. The smallest absolute Gasteiger partial charge is 0.768 e. The van der Waals surface area contributed by atoms with Crippen molar-refractivity contribution in [3.8, 4) is 0 Å². The number of hydrogen-bond acceptors (Lipinski definition) is 2. The van der Waals surface area contributed by atoms with Crippen LogP contribution >= 0.6 is 0 Å². The van der Waals surface area contributed by atoms with E-state index < -0.39 is 11.1 Å². The first-order valence-electron chi connectivity index (χ1n) is 2.86. The molecule has 1 aromatic carbocycles. The minimum absolute atomic E-state index is 0. The zero-order valence-electron chi connectivity index (χ0n) is 6.53. The van der Waals surface area contributed by atoms with Crippen LogP contribution in [-0.2, 0) is 11.1 Å². The van der Waals surface area contributed by atoms with Crippen molar-refractivity contribution in [2.75, 3.05) is 0 Å². The minimum Gasteiger partial charge on any atom is -0.768 e. The summed E-state index contributed by atoms with van der Waals surface area (Å²) in [4.78, 5) is 0.339. The molecule has 0 saturated carbocycles. The van der Waals surface area contributed by atoms with Crippen LogP contribution in [0.25, 0.3) is 0 Å². The fourth-order valence-electron chi connectivity index (χ4n) is 0.649. The molecule has 0 aliphatic rings. The number of benzene rings is 1. The third-order valence-corrected chi connectivity index (χ3v) is 1.87. The third-order valence-electron chi connectivity index (χ3n) is 1.21. The van der Waals surface area contributed by atoms with E-state index in [2.05, 4.69) is 0 Å². The van der Waals surface area contributed by atoms with Crippen LogP contribution in [0.1, 0.15) is 5.56 Å². The molecule has 54 valence electrons. The molecular formula is C7H7KO2S. The van der Waals surface area contributed by atoms with Gasteiger partial charge in [0.15, 0.2) is 0 Å². The van der Waals surface area contributed by atoms with Crippen molar-refractivity contribution in [3.05, 3.63) is 29.8 Å². The number of hydrogen-bond donors (Lipinski definition) is 0. The van der Waals surface area contributed by atoms with Gasteiger partial charge in [0.1, 0.15) is 0 Å². The van der Waals surface area contributed by atoms with Gasteiger partial charge in [-0.25, -0.2) is 0 Å². The maximum Gasteiger partial charge on any atom is 1.00 e. The molecule has 0 saturated heterocycles. The van der Waals surface area contributed by atoms with Gasteiger partial charge in [-0.05, 0) is 30.1 Å². The monoisotopic (exact) mass is 194 g/mol. The van der Waals surface area contributed by atoms with Crippen LogP contribution < -0.4 is 51.4 Å². The predicted molar refractivity (Wildman–Crippen MR) is 38.4 cm³/mol. The molecule has 2 nitrogen and oxygen atoms in total. The molecule has 1 unspecified atom stereocenters. The average molecular weight is 194 g/mol. The summed E-state index contributed by atoms with van der Waals surface area (Å²) < 4.78 is 20.6. The summed E-state index contributed by atoms with van der Waals surface area (Å²) >= 11 is -2.09. The van der Waals surface area contributed by atoms with E-state index in [1.54, 1.807) is 24.3 Å². The fraction of sp³-hybridized carbons (Fsp3) is 0.143. The van der Waals surface area contributed by atoms with Gasteiger partial charge in [0.05, 0.1) is 0 Å². The Morgan fingerprint density at radius 2 is 1.73 bits per heavy atom. The Morgan fingerprint density at radius 3 is 2.09 bits per heavy atom. The normalized spacial score (nSPS) is 11.8. The van der Waals surface area contributed by atoms with Gasteiger partial charge in [-0.2, -0.15) is 0 Å². The van der Waals surface area contributed by atoms with E-state index >= 15 is 0 Å². The van der Waals surface area contributed by atoms with Crippen molar-refractivity contribution in [2.45, 2.75) is 11.8 Å². The SMILES string of the molecule is Cc1ccc(S(=O)[O-])cc1.[K+]. The van der Waals surface area contributed by atoms with E-state index in [1.165, 1.54) is 0 Å². The molecule has 0 fully saturated rings. The molecule has 0 radical (unpaired) electrons. The van der Waals surface area contributed by atoms with E-state index in [0.29, 0.717) is 4.90 Å². The summed E-state index contributed by atoms with van der Waals surface area (Å²) in [6, 6.07) is 6.70. The Labute approximate surface area is 111 Å². The zero-order valence-corrected chi connectivity index (χ0v) is 10.5. The van der Waals surface area contributed by atoms with Gasteiger partial charge in [-0.3, -0.25) is 4.21 Å². The maximum absolute atomic E-state index is 10.3. The van der Waals surface area contributed by atoms with E-state index in [0.717, 1.165) is 5.56 Å². The molecule has 4 heteroatoms. The van der Waals surface area contributed by atoms with Gasteiger partial charge in [-0.1, -0.05) is 17.7 Å². The Morgan fingerprint density at radius 1 is 1.27 bits per heavy atom. The maximum atomic E-state index is 10.3. The second kappa shape index (κ2) is 5.58.